The Morgan fingerprint density at radius 3 is 2.71 bits per heavy atom. The van der Waals surface area contributed by atoms with E-state index in [1.807, 2.05) is 0 Å². The number of nitrogens with two attached hydrogens (primary N) is 1. The van der Waals surface area contributed by atoms with Crippen LogP contribution in [-0.4, -0.2) is 36.1 Å². The van der Waals surface area contributed by atoms with Crippen LogP contribution in [0.1, 0.15) is 19.3 Å². The van der Waals surface area contributed by atoms with Gasteiger partial charge in [0.2, 0.25) is 0 Å². The van der Waals surface area contributed by atoms with Crippen molar-refractivity contribution >= 4 is 23.1 Å². The van der Waals surface area contributed by atoms with Crippen LogP contribution in [0.15, 0.2) is 12.3 Å². The number of likely N-dealkylation sites (N-methyl/N-ethyl adjacent to an activating group) is 1. The zero-order valence-corrected chi connectivity index (χ0v) is 11.1. The Hall–Kier alpha value is -1.00. The van der Waals surface area contributed by atoms with Gasteiger partial charge in [-0.15, -0.1) is 0 Å². The molecule has 1 aromatic heterocycles. The average molecular weight is 255 g/mol. The number of anilines is 2. The number of nitrogen functional groups attached to an aromatic ring is 1. The van der Waals surface area contributed by atoms with Gasteiger partial charge in [0.1, 0.15) is 5.82 Å². The molecule has 1 fully saturated rings. The van der Waals surface area contributed by atoms with Gasteiger partial charge in [0, 0.05) is 12.1 Å². The molecule has 3 N–H and O–H groups in total. The van der Waals surface area contributed by atoms with Gasteiger partial charge in [0.25, 0.3) is 0 Å². The Kier molecular flexibility index (Phi) is 3.45. The summed E-state index contributed by atoms with van der Waals surface area (Å²) in [7, 11) is 4.25. The lowest BCUT2D eigenvalue weighted by Gasteiger charge is -2.47. The van der Waals surface area contributed by atoms with Gasteiger partial charge < -0.3 is 16.0 Å². The molecule has 0 saturated heterocycles. The van der Waals surface area contributed by atoms with Gasteiger partial charge in [0.05, 0.1) is 16.9 Å². The minimum absolute atomic E-state index is 0.256. The van der Waals surface area contributed by atoms with Crippen LogP contribution in [0, 0.1) is 0 Å². The van der Waals surface area contributed by atoms with Gasteiger partial charge >= 0.3 is 0 Å². The quantitative estimate of drug-likeness (QED) is 0.865. The summed E-state index contributed by atoms with van der Waals surface area (Å²) in [6, 6.07) is 1.72. The second kappa shape index (κ2) is 4.70. The lowest BCUT2D eigenvalue weighted by molar-refractivity contribution is 0.0738. The first-order chi connectivity index (χ1) is 8.03. The van der Waals surface area contributed by atoms with E-state index in [4.69, 9.17) is 17.3 Å². The van der Waals surface area contributed by atoms with Crippen LogP contribution in [-0.2, 0) is 0 Å². The largest absolute Gasteiger partial charge is 0.397 e. The molecule has 0 radical (unpaired) electrons. The molecule has 2 rings (SSSR count). The normalized spacial score (nSPS) is 17.9. The third-order valence-corrected chi connectivity index (χ3v) is 3.97. The fourth-order valence-corrected chi connectivity index (χ4v) is 2.44. The van der Waals surface area contributed by atoms with E-state index in [1.165, 1.54) is 19.3 Å². The monoisotopic (exact) mass is 254 g/mol. The van der Waals surface area contributed by atoms with Crippen molar-refractivity contribution in [3.05, 3.63) is 17.3 Å². The third-order valence-electron chi connectivity index (χ3n) is 3.68. The fraction of sp³-hybridized carbons (Fsp3) is 0.583. The summed E-state index contributed by atoms with van der Waals surface area (Å²) in [6.45, 7) is 0.872. The van der Waals surface area contributed by atoms with E-state index in [1.54, 1.807) is 12.3 Å². The van der Waals surface area contributed by atoms with Crippen molar-refractivity contribution in [2.45, 2.75) is 24.8 Å². The number of nitrogens with one attached hydrogen (secondary N) is 1. The SMILES string of the molecule is CN(C)C1(CNc2ncc(N)cc2Cl)CCC1. The molecule has 1 heterocycles. The van der Waals surface area contributed by atoms with Gasteiger partial charge in [-0.2, -0.15) is 0 Å². The highest BCUT2D eigenvalue weighted by atomic mass is 35.5. The number of pyridine rings is 1. The van der Waals surface area contributed by atoms with E-state index in [0.29, 0.717) is 16.5 Å². The van der Waals surface area contributed by atoms with Crippen molar-refractivity contribution in [1.82, 2.24) is 9.88 Å². The maximum atomic E-state index is 6.08. The summed E-state index contributed by atoms with van der Waals surface area (Å²) in [6.07, 6.45) is 5.36. The van der Waals surface area contributed by atoms with E-state index in [0.717, 1.165) is 6.54 Å². The van der Waals surface area contributed by atoms with Crippen molar-refractivity contribution < 1.29 is 0 Å². The van der Waals surface area contributed by atoms with Crippen LogP contribution in [0.3, 0.4) is 0 Å². The van der Waals surface area contributed by atoms with Crippen molar-refractivity contribution in [3.63, 3.8) is 0 Å². The molecule has 0 unspecified atom stereocenters. The maximum absolute atomic E-state index is 6.08. The van der Waals surface area contributed by atoms with Crippen LogP contribution in [0.2, 0.25) is 5.02 Å². The maximum Gasteiger partial charge on any atom is 0.144 e. The Morgan fingerprint density at radius 1 is 1.53 bits per heavy atom. The number of nitrogens with zero attached hydrogens (tertiary/aromatic N) is 2. The van der Waals surface area contributed by atoms with Crippen LogP contribution < -0.4 is 11.1 Å². The minimum Gasteiger partial charge on any atom is -0.397 e. The Labute approximate surface area is 107 Å². The second-order valence-corrected chi connectivity index (χ2v) is 5.33. The summed E-state index contributed by atoms with van der Waals surface area (Å²) in [5.74, 6) is 0.717. The van der Waals surface area contributed by atoms with E-state index in [2.05, 4.69) is 29.3 Å². The Morgan fingerprint density at radius 2 is 2.24 bits per heavy atom. The molecule has 0 aromatic carbocycles. The van der Waals surface area contributed by atoms with E-state index < -0.39 is 0 Å². The highest BCUT2D eigenvalue weighted by molar-refractivity contribution is 6.33. The molecular weight excluding hydrogens is 236 g/mol. The molecule has 0 bridgehead atoms. The van der Waals surface area contributed by atoms with Gasteiger partial charge in [-0.05, 0) is 39.4 Å². The van der Waals surface area contributed by atoms with Crippen LogP contribution >= 0.6 is 11.6 Å². The van der Waals surface area contributed by atoms with Gasteiger partial charge in [-0.25, -0.2) is 4.98 Å². The lowest BCUT2D eigenvalue weighted by atomic mass is 9.75. The highest BCUT2D eigenvalue weighted by Gasteiger charge is 2.38. The number of rotatable bonds is 4. The number of hydrogen-bond donors (Lipinski definition) is 2. The van der Waals surface area contributed by atoms with Crippen molar-refractivity contribution in [2.75, 3.05) is 31.7 Å². The molecule has 1 aromatic rings. The molecule has 1 aliphatic carbocycles. The summed E-state index contributed by atoms with van der Waals surface area (Å²) in [5, 5.41) is 3.91. The first-order valence-electron chi connectivity index (χ1n) is 5.86. The topological polar surface area (TPSA) is 54.2 Å². The molecule has 4 nitrogen and oxygen atoms in total. The third kappa shape index (κ3) is 2.48. The number of aromatic nitrogens is 1. The molecule has 5 heteroatoms. The second-order valence-electron chi connectivity index (χ2n) is 4.92. The van der Waals surface area contributed by atoms with Crippen LogP contribution in [0.25, 0.3) is 0 Å². The van der Waals surface area contributed by atoms with Crippen molar-refractivity contribution in [3.8, 4) is 0 Å². The van der Waals surface area contributed by atoms with Crippen LogP contribution in [0.4, 0.5) is 11.5 Å². The average Bonchev–Trinajstić information content (AvgIpc) is 2.18. The van der Waals surface area contributed by atoms with Crippen LogP contribution in [0.5, 0.6) is 0 Å². The predicted octanol–water partition coefficient (Wildman–Crippen LogP) is 2.21. The van der Waals surface area contributed by atoms with E-state index in [-0.39, 0.29) is 5.54 Å². The number of hydrogen-bond acceptors (Lipinski definition) is 4. The Bertz CT molecular complexity index is 401. The lowest BCUT2D eigenvalue weighted by Crippen LogP contribution is -2.54. The molecule has 0 spiro atoms. The summed E-state index contributed by atoms with van der Waals surface area (Å²) in [5.41, 5.74) is 6.46. The van der Waals surface area contributed by atoms with Gasteiger partial charge in [-0.3, -0.25) is 0 Å². The molecule has 0 amide bonds. The standard InChI is InChI=1S/C12H19ClN4/c1-17(2)12(4-3-5-12)8-16-11-10(13)6-9(14)7-15-11/h6-7H,3-5,8,14H2,1-2H3,(H,15,16). The molecule has 0 aliphatic heterocycles. The molecule has 1 saturated carbocycles. The van der Waals surface area contributed by atoms with E-state index >= 15 is 0 Å². The molecule has 94 valence electrons. The van der Waals surface area contributed by atoms with Crippen molar-refractivity contribution in [2.24, 2.45) is 0 Å². The molecule has 1 aliphatic rings. The first-order valence-corrected chi connectivity index (χ1v) is 6.24. The minimum atomic E-state index is 0.256. The molecular formula is C12H19ClN4. The van der Waals surface area contributed by atoms with E-state index in [9.17, 15) is 0 Å². The fourth-order valence-electron chi connectivity index (χ4n) is 2.20. The number of halogens is 1. The van der Waals surface area contributed by atoms with Crippen molar-refractivity contribution in [1.29, 1.82) is 0 Å². The van der Waals surface area contributed by atoms with Gasteiger partial charge in [-0.1, -0.05) is 11.6 Å². The smallest absolute Gasteiger partial charge is 0.144 e. The summed E-state index contributed by atoms with van der Waals surface area (Å²) >= 11 is 6.08. The predicted molar refractivity (Wildman–Crippen MR) is 72.4 cm³/mol. The summed E-state index contributed by atoms with van der Waals surface area (Å²) in [4.78, 5) is 6.50. The zero-order chi connectivity index (χ0) is 12.5. The summed E-state index contributed by atoms with van der Waals surface area (Å²) < 4.78 is 0. The zero-order valence-electron chi connectivity index (χ0n) is 10.3. The Balaban J connectivity index is 2.02. The highest BCUT2D eigenvalue weighted by Crippen LogP contribution is 2.36. The van der Waals surface area contributed by atoms with Gasteiger partial charge in [0.15, 0.2) is 0 Å². The molecule has 17 heavy (non-hydrogen) atoms. The molecule has 0 atom stereocenters. The first kappa shape index (κ1) is 12.5.